The number of hydrogen-bond donors (Lipinski definition) is 0. The quantitative estimate of drug-likeness (QED) is 0.659. The van der Waals surface area contributed by atoms with Crippen molar-refractivity contribution in [2.75, 3.05) is 0 Å². The molecule has 0 bridgehead atoms. The van der Waals surface area contributed by atoms with E-state index in [1.807, 2.05) is 0 Å². The Morgan fingerprint density at radius 2 is 2.00 bits per heavy atom. The molecule has 106 valence electrons. The van der Waals surface area contributed by atoms with Gasteiger partial charge in [-0.2, -0.15) is 0 Å². The third-order valence-electron chi connectivity index (χ3n) is 4.81. The van der Waals surface area contributed by atoms with E-state index in [0.717, 1.165) is 25.0 Å². The van der Waals surface area contributed by atoms with Crippen LogP contribution in [0.25, 0.3) is 0 Å². The van der Waals surface area contributed by atoms with Gasteiger partial charge in [-0.3, -0.25) is 0 Å². The standard InChI is InChI=1S/C17H25ClO/c1-5-17(6-2)15(18)11-16(17)19-14-9-7-8-13(10-14)12(3)4/h7-10,12,15-16H,5-6,11H2,1-4H3. The number of ether oxygens (including phenoxy) is 1. The van der Waals surface area contributed by atoms with Gasteiger partial charge in [0.1, 0.15) is 11.9 Å². The molecule has 2 heteroatoms. The first kappa shape index (κ1) is 14.7. The molecule has 0 N–H and O–H groups in total. The first-order chi connectivity index (χ1) is 9.03. The summed E-state index contributed by atoms with van der Waals surface area (Å²) in [5, 5.41) is 0.265. The Balaban J connectivity index is 2.12. The molecule has 0 amide bonds. The van der Waals surface area contributed by atoms with Gasteiger partial charge in [0.15, 0.2) is 0 Å². The van der Waals surface area contributed by atoms with Crippen molar-refractivity contribution in [1.82, 2.24) is 0 Å². The average Bonchev–Trinajstić information content (AvgIpc) is 2.40. The molecule has 0 aliphatic heterocycles. The van der Waals surface area contributed by atoms with Gasteiger partial charge in [-0.05, 0) is 36.5 Å². The van der Waals surface area contributed by atoms with Crippen LogP contribution >= 0.6 is 11.6 Å². The van der Waals surface area contributed by atoms with Crippen LogP contribution in [0.4, 0.5) is 0 Å². The molecule has 2 atom stereocenters. The van der Waals surface area contributed by atoms with E-state index in [2.05, 4.69) is 52.0 Å². The van der Waals surface area contributed by atoms with Crippen molar-refractivity contribution in [3.05, 3.63) is 29.8 Å². The molecule has 1 aliphatic carbocycles. The van der Waals surface area contributed by atoms with Gasteiger partial charge in [0.25, 0.3) is 0 Å². The molecule has 0 aromatic heterocycles. The largest absolute Gasteiger partial charge is 0.490 e. The van der Waals surface area contributed by atoms with Crippen LogP contribution in [0.2, 0.25) is 0 Å². The maximum Gasteiger partial charge on any atom is 0.120 e. The highest BCUT2D eigenvalue weighted by Gasteiger charge is 2.53. The zero-order valence-corrected chi connectivity index (χ0v) is 13.2. The van der Waals surface area contributed by atoms with E-state index in [4.69, 9.17) is 16.3 Å². The first-order valence-electron chi connectivity index (χ1n) is 7.44. The summed E-state index contributed by atoms with van der Waals surface area (Å²) < 4.78 is 6.22. The molecular formula is C17H25ClO. The van der Waals surface area contributed by atoms with Crippen LogP contribution in [-0.4, -0.2) is 11.5 Å². The third-order valence-corrected chi connectivity index (χ3v) is 5.42. The lowest BCUT2D eigenvalue weighted by Gasteiger charge is -2.52. The Hall–Kier alpha value is -0.690. The Morgan fingerprint density at radius 1 is 1.32 bits per heavy atom. The molecule has 1 aromatic carbocycles. The summed E-state index contributed by atoms with van der Waals surface area (Å²) in [6, 6.07) is 8.47. The molecule has 1 aromatic rings. The molecular weight excluding hydrogens is 256 g/mol. The molecule has 1 aliphatic rings. The number of rotatable bonds is 5. The second-order valence-electron chi connectivity index (χ2n) is 5.98. The molecule has 2 unspecified atom stereocenters. The minimum Gasteiger partial charge on any atom is -0.490 e. The highest BCUT2D eigenvalue weighted by molar-refractivity contribution is 6.21. The normalized spacial score (nSPS) is 25.2. The van der Waals surface area contributed by atoms with Crippen LogP contribution in [-0.2, 0) is 0 Å². The van der Waals surface area contributed by atoms with Gasteiger partial charge < -0.3 is 4.74 Å². The first-order valence-corrected chi connectivity index (χ1v) is 7.87. The summed E-state index contributed by atoms with van der Waals surface area (Å²) in [5.74, 6) is 1.53. The number of halogens is 1. The van der Waals surface area contributed by atoms with Crippen molar-refractivity contribution in [2.24, 2.45) is 5.41 Å². The highest BCUT2D eigenvalue weighted by atomic mass is 35.5. The van der Waals surface area contributed by atoms with E-state index in [1.54, 1.807) is 0 Å². The van der Waals surface area contributed by atoms with Gasteiger partial charge in [0, 0.05) is 17.2 Å². The third kappa shape index (κ3) is 2.63. The van der Waals surface area contributed by atoms with E-state index in [0.29, 0.717) is 5.92 Å². The van der Waals surface area contributed by atoms with E-state index in [9.17, 15) is 0 Å². The van der Waals surface area contributed by atoms with E-state index in [1.165, 1.54) is 5.56 Å². The summed E-state index contributed by atoms with van der Waals surface area (Å²) in [6.07, 6.45) is 3.42. The maximum atomic E-state index is 6.43. The van der Waals surface area contributed by atoms with Crippen molar-refractivity contribution >= 4 is 11.6 Å². The minimum absolute atomic E-state index is 0.162. The maximum absolute atomic E-state index is 6.43. The zero-order chi connectivity index (χ0) is 14.0. The van der Waals surface area contributed by atoms with E-state index in [-0.39, 0.29) is 16.9 Å². The highest BCUT2D eigenvalue weighted by Crippen LogP contribution is 2.51. The van der Waals surface area contributed by atoms with Crippen molar-refractivity contribution in [1.29, 1.82) is 0 Å². The van der Waals surface area contributed by atoms with Gasteiger partial charge in [-0.15, -0.1) is 11.6 Å². The van der Waals surface area contributed by atoms with Crippen molar-refractivity contribution < 1.29 is 4.74 Å². The number of benzene rings is 1. The fraction of sp³-hybridized carbons (Fsp3) is 0.647. The van der Waals surface area contributed by atoms with Crippen LogP contribution in [0, 0.1) is 5.41 Å². The molecule has 0 saturated heterocycles. The molecule has 0 heterocycles. The van der Waals surface area contributed by atoms with E-state index < -0.39 is 0 Å². The molecule has 0 radical (unpaired) electrons. The average molecular weight is 281 g/mol. The monoisotopic (exact) mass is 280 g/mol. The summed E-state index contributed by atoms with van der Waals surface area (Å²) >= 11 is 6.43. The van der Waals surface area contributed by atoms with Gasteiger partial charge in [-0.25, -0.2) is 0 Å². The second kappa shape index (κ2) is 5.75. The van der Waals surface area contributed by atoms with Gasteiger partial charge in [-0.1, -0.05) is 39.8 Å². The second-order valence-corrected chi connectivity index (χ2v) is 6.50. The molecule has 19 heavy (non-hydrogen) atoms. The minimum atomic E-state index is 0.162. The molecule has 1 saturated carbocycles. The Bertz CT molecular complexity index is 423. The topological polar surface area (TPSA) is 9.23 Å². The van der Waals surface area contributed by atoms with Gasteiger partial charge in [0.05, 0.1) is 0 Å². The smallest absolute Gasteiger partial charge is 0.120 e. The van der Waals surface area contributed by atoms with E-state index >= 15 is 0 Å². The SMILES string of the molecule is CCC1(CC)C(Cl)CC1Oc1cccc(C(C)C)c1. The van der Waals surface area contributed by atoms with Crippen LogP contribution < -0.4 is 4.74 Å². The summed E-state index contributed by atoms with van der Waals surface area (Å²) in [7, 11) is 0. The lowest BCUT2D eigenvalue weighted by atomic mass is 9.62. The zero-order valence-electron chi connectivity index (χ0n) is 12.4. The van der Waals surface area contributed by atoms with Gasteiger partial charge in [0.2, 0.25) is 0 Å². The predicted octanol–water partition coefficient (Wildman–Crippen LogP) is 5.37. The predicted molar refractivity (Wildman–Crippen MR) is 82.2 cm³/mol. The molecule has 1 fully saturated rings. The summed E-state index contributed by atoms with van der Waals surface area (Å²) in [5.41, 5.74) is 1.49. The van der Waals surface area contributed by atoms with Crippen LogP contribution in [0.3, 0.4) is 0 Å². The summed E-state index contributed by atoms with van der Waals surface area (Å²) in [6.45, 7) is 8.86. The van der Waals surface area contributed by atoms with Gasteiger partial charge >= 0.3 is 0 Å². The van der Waals surface area contributed by atoms with Crippen LogP contribution in [0.15, 0.2) is 24.3 Å². The summed E-state index contributed by atoms with van der Waals surface area (Å²) in [4.78, 5) is 0. The molecule has 2 rings (SSSR count). The number of hydrogen-bond acceptors (Lipinski definition) is 1. The van der Waals surface area contributed by atoms with Crippen LogP contribution in [0.5, 0.6) is 5.75 Å². The van der Waals surface area contributed by atoms with Crippen molar-refractivity contribution in [3.63, 3.8) is 0 Å². The fourth-order valence-electron chi connectivity index (χ4n) is 3.12. The molecule has 1 nitrogen and oxygen atoms in total. The Labute approximate surface area is 122 Å². The van der Waals surface area contributed by atoms with Crippen molar-refractivity contribution in [3.8, 4) is 5.75 Å². The van der Waals surface area contributed by atoms with Crippen LogP contribution in [0.1, 0.15) is 58.4 Å². The number of alkyl halides is 1. The van der Waals surface area contributed by atoms with Crippen molar-refractivity contribution in [2.45, 2.75) is 64.4 Å². The Kier molecular flexibility index (Phi) is 4.45. The fourth-order valence-corrected chi connectivity index (χ4v) is 3.73. The lowest BCUT2D eigenvalue weighted by molar-refractivity contribution is -0.0462. The molecule has 0 spiro atoms. The lowest BCUT2D eigenvalue weighted by Crippen LogP contribution is -2.56. The Morgan fingerprint density at radius 3 is 2.53 bits per heavy atom.